The molecule has 0 saturated heterocycles. The Morgan fingerprint density at radius 1 is 1.07 bits per heavy atom. The van der Waals surface area contributed by atoms with Gasteiger partial charge in [0.05, 0.1) is 10.6 Å². The lowest BCUT2D eigenvalue weighted by atomic mass is 10.0. The predicted octanol–water partition coefficient (Wildman–Crippen LogP) is 3.99. The first kappa shape index (κ1) is 18.4. The summed E-state index contributed by atoms with van der Waals surface area (Å²) in [6.45, 7) is 0.452. The molecule has 144 valence electrons. The van der Waals surface area contributed by atoms with Gasteiger partial charge in [0.2, 0.25) is 0 Å². The zero-order valence-corrected chi connectivity index (χ0v) is 15.8. The number of carbonyl (C=O) groups excluding carboxylic acids is 1. The summed E-state index contributed by atoms with van der Waals surface area (Å²) in [6.07, 6.45) is 1.54. The maximum absolute atomic E-state index is 13.7. The summed E-state index contributed by atoms with van der Waals surface area (Å²) in [5.74, 6) is -0.934. The Morgan fingerprint density at radius 3 is 2.64 bits per heavy atom. The van der Waals surface area contributed by atoms with Crippen LogP contribution in [0.1, 0.15) is 28.3 Å². The van der Waals surface area contributed by atoms with Crippen LogP contribution >= 0.6 is 0 Å². The lowest BCUT2D eigenvalue weighted by Gasteiger charge is -2.28. The van der Waals surface area contributed by atoms with Crippen molar-refractivity contribution in [1.29, 1.82) is 0 Å². The molecule has 0 atom stereocenters. The van der Waals surface area contributed by atoms with Gasteiger partial charge in [-0.05, 0) is 54.8 Å². The van der Waals surface area contributed by atoms with Crippen LogP contribution in [0.25, 0.3) is 0 Å². The Balaban J connectivity index is 1.57. The first-order valence-electron chi connectivity index (χ1n) is 8.91. The molecule has 2 aromatic carbocycles. The molecule has 5 nitrogen and oxygen atoms in total. The fourth-order valence-electron chi connectivity index (χ4n) is 3.36. The number of anilines is 1. The van der Waals surface area contributed by atoms with Crippen LogP contribution in [0.15, 0.2) is 70.0 Å². The SMILES string of the molecule is O=C(c1ccc(CS(=O)(=O)c2ccccc2)o1)N1CCCc2ccc(F)cc21. The van der Waals surface area contributed by atoms with Gasteiger partial charge in [-0.2, -0.15) is 0 Å². The zero-order valence-electron chi connectivity index (χ0n) is 15.0. The maximum atomic E-state index is 13.7. The summed E-state index contributed by atoms with van der Waals surface area (Å²) in [5.41, 5.74) is 1.44. The Bertz CT molecular complexity index is 1120. The Morgan fingerprint density at radius 2 is 1.86 bits per heavy atom. The van der Waals surface area contributed by atoms with E-state index >= 15 is 0 Å². The van der Waals surface area contributed by atoms with Gasteiger partial charge in [-0.15, -0.1) is 0 Å². The molecule has 1 aliphatic heterocycles. The number of halogens is 1. The van der Waals surface area contributed by atoms with Crippen LogP contribution in [0, 0.1) is 5.82 Å². The second-order valence-electron chi connectivity index (χ2n) is 6.67. The van der Waals surface area contributed by atoms with Gasteiger partial charge in [0.25, 0.3) is 5.91 Å². The van der Waals surface area contributed by atoms with Crippen molar-refractivity contribution in [2.24, 2.45) is 0 Å². The molecule has 0 radical (unpaired) electrons. The van der Waals surface area contributed by atoms with Crippen LogP contribution in [-0.4, -0.2) is 20.9 Å². The lowest BCUT2D eigenvalue weighted by molar-refractivity contribution is 0.0957. The van der Waals surface area contributed by atoms with Crippen molar-refractivity contribution in [2.45, 2.75) is 23.5 Å². The summed E-state index contributed by atoms with van der Waals surface area (Å²) in [6, 6.07) is 15.4. The molecule has 1 aromatic heterocycles. The number of fused-ring (bicyclic) bond motifs is 1. The number of aryl methyl sites for hydroxylation is 1. The summed E-state index contributed by atoms with van der Waals surface area (Å²) in [5, 5.41) is 0. The molecule has 1 aliphatic rings. The third-order valence-electron chi connectivity index (χ3n) is 4.72. The van der Waals surface area contributed by atoms with Crippen molar-refractivity contribution in [2.75, 3.05) is 11.4 Å². The van der Waals surface area contributed by atoms with Crippen molar-refractivity contribution in [3.8, 4) is 0 Å². The fraction of sp³-hybridized carbons (Fsp3) is 0.190. The number of hydrogen-bond donors (Lipinski definition) is 0. The maximum Gasteiger partial charge on any atom is 0.293 e. The highest BCUT2D eigenvalue weighted by atomic mass is 32.2. The molecule has 0 spiro atoms. The molecule has 1 amide bonds. The Hall–Kier alpha value is -2.93. The second kappa shape index (κ2) is 7.24. The third-order valence-corrected chi connectivity index (χ3v) is 6.37. The molecule has 0 saturated carbocycles. The zero-order chi connectivity index (χ0) is 19.7. The average Bonchev–Trinajstić information content (AvgIpc) is 3.15. The number of sulfone groups is 1. The minimum atomic E-state index is -3.57. The summed E-state index contributed by atoms with van der Waals surface area (Å²) in [7, 11) is -3.57. The molecule has 0 unspecified atom stereocenters. The lowest BCUT2D eigenvalue weighted by Crippen LogP contribution is -2.35. The standard InChI is InChI=1S/C21H18FNO4S/c22-16-9-8-15-5-4-12-23(19(15)13-16)21(24)20-11-10-17(27-20)14-28(25,26)18-6-2-1-3-7-18/h1-3,6-11,13H,4-5,12,14H2. The number of hydrogen-bond acceptors (Lipinski definition) is 4. The second-order valence-corrected chi connectivity index (χ2v) is 8.66. The smallest absolute Gasteiger partial charge is 0.293 e. The van der Waals surface area contributed by atoms with E-state index in [2.05, 4.69) is 0 Å². The van der Waals surface area contributed by atoms with Crippen molar-refractivity contribution in [1.82, 2.24) is 0 Å². The highest BCUT2D eigenvalue weighted by molar-refractivity contribution is 7.90. The number of nitrogens with zero attached hydrogens (tertiary/aromatic N) is 1. The van der Waals surface area contributed by atoms with Gasteiger partial charge in [-0.25, -0.2) is 12.8 Å². The van der Waals surface area contributed by atoms with Crippen molar-refractivity contribution < 1.29 is 22.0 Å². The molecule has 7 heteroatoms. The van der Waals surface area contributed by atoms with E-state index < -0.39 is 21.6 Å². The van der Waals surface area contributed by atoms with E-state index in [1.54, 1.807) is 24.3 Å². The highest BCUT2D eigenvalue weighted by Crippen LogP contribution is 2.30. The number of furan rings is 1. The van der Waals surface area contributed by atoms with Crippen LogP contribution in [-0.2, 0) is 22.0 Å². The number of amides is 1. The summed E-state index contributed by atoms with van der Waals surface area (Å²) >= 11 is 0. The van der Waals surface area contributed by atoms with Gasteiger partial charge in [0.1, 0.15) is 17.3 Å². The third kappa shape index (κ3) is 3.57. The van der Waals surface area contributed by atoms with Crippen molar-refractivity contribution in [3.63, 3.8) is 0 Å². The number of benzene rings is 2. The molecule has 0 bridgehead atoms. The van der Waals surface area contributed by atoms with E-state index in [1.165, 1.54) is 41.3 Å². The van der Waals surface area contributed by atoms with Crippen molar-refractivity contribution in [3.05, 3.63) is 83.6 Å². The van der Waals surface area contributed by atoms with Crippen LogP contribution in [0.3, 0.4) is 0 Å². The molecular weight excluding hydrogens is 381 g/mol. The first-order valence-corrected chi connectivity index (χ1v) is 10.6. The molecule has 0 aliphatic carbocycles. The molecular formula is C21H18FNO4S. The van der Waals surface area contributed by atoms with E-state index in [1.807, 2.05) is 0 Å². The van der Waals surface area contributed by atoms with Crippen LogP contribution in [0.5, 0.6) is 0 Å². The van der Waals surface area contributed by atoms with Gasteiger partial charge in [0.15, 0.2) is 15.6 Å². The van der Waals surface area contributed by atoms with Gasteiger partial charge >= 0.3 is 0 Å². The summed E-state index contributed by atoms with van der Waals surface area (Å²) < 4.78 is 44.2. The molecule has 28 heavy (non-hydrogen) atoms. The van der Waals surface area contributed by atoms with E-state index in [0.717, 1.165) is 18.4 Å². The van der Waals surface area contributed by atoms with E-state index in [-0.39, 0.29) is 22.2 Å². The molecule has 4 rings (SSSR count). The molecule has 0 N–H and O–H groups in total. The Kier molecular flexibility index (Phi) is 4.77. The topological polar surface area (TPSA) is 67.6 Å². The van der Waals surface area contributed by atoms with Gasteiger partial charge in [-0.3, -0.25) is 4.79 Å². The highest BCUT2D eigenvalue weighted by Gasteiger charge is 2.27. The largest absolute Gasteiger partial charge is 0.455 e. The quantitative estimate of drug-likeness (QED) is 0.665. The van der Waals surface area contributed by atoms with E-state index in [4.69, 9.17) is 4.42 Å². The van der Waals surface area contributed by atoms with E-state index in [9.17, 15) is 17.6 Å². The van der Waals surface area contributed by atoms with Crippen LogP contribution in [0.2, 0.25) is 0 Å². The molecule has 0 fully saturated rings. The van der Waals surface area contributed by atoms with Crippen molar-refractivity contribution >= 4 is 21.4 Å². The normalized spacial score (nSPS) is 14.0. The molecule has 3 aromatic rings. The monoisotopic (exact) mass is 399 g/mol. The minimum absolute atomic E-state index is 0.0374. The average molecular weight is 399 g/mol. The van der Waals surface area contributed by atoms with Gasteiger partial charge in [-0.1, -0.05) is 24.3 Å². The van der Waals surface area contributed by atoms with Crippen LogP contribution < -0.4 is 4.90 Å². The predicted molar refractivity (Wildman–Crippen MR) is 102 cm³/mol. The molecule has 2 heterocycles. The van der Waals surface area contributed by atoms with E-state index in [0.29, 0.717) is 12.2 Å². The van der Waals surface area contributed by atoms with Gasteiger partial charge < -0.3 is 9.32 Å². The number of carbonyl (C=O) groups is 1. The number of rotatable bonds is 4. The van der Waals surface area contributed by atoms with Gasteiger partial charge in [0, 0.05) is 6.54 Å². The fourth-order valence-corrected chi connectivity index (χ4v) is 4.63. The first-order chi connectivity index (χ1) is 13.4. The minimum Gasteiger partial charge on any atom is -0.455 e. The Labute approximate surface area is 162 Å². The van der Waals surface area contributed by atoms with Crippen LogP contribution in [0.4, 0.5) is 10.1 Å². The summed E-state index contributed by atoms with van der Waals surface area (Å²) in [4.78, 5) is 14.6.